The van der Waals surface area contributed by atoms with Crippen molar-refractivity contribution in [3.05, 3.63) is 51.3 Å². The van der Waals surface area contributed by atoms with Crippen molar-refractivity contribution in [2.75, 3.05) is 20.3 Å². The van der Waals surface area contributed by atoms with Crippen molar-refractivity contribution in [2.45, 2.75) is 70.4 Å². The molecule has 1 fully saturated rings. The number of carbonyl (C=O) groups is 1. The standard InChI is InChI=1S/C26H31F2NO5/c1-5-33-24(31)19-15-29-20(13-21(19)30)17-12-18(23(27)28)22(34-10-9-25(2,3)32-4)11-16(17)14-26(29)7-6-8-26/h11-13,15,23H,5-10,14H2,1-4H3. The number of halogens is 2. The maximum Gasteiger partial charge on any atom is 0.343 e. The summed E-state index contributed by atoms with van der Waals surface area (Å²) in [7, 11) is 1.61. The van der Waals surface area contributed by atoms with Gasteiger partial charge >= 0.3 is 5.97 Å². The molecule has 0 bridgehead atoms. The third kappa shape index (κ3) is 4.35. The fourth-order valence-electron chi connectivity index (χ4n) is 4.77. The van der Waals surface area contributed by atoms with Gasteiger partial charge in [0.25, 0.3) is 6.43 Å². The number of ether oxygens (including phenoxy) is 3. The van der Waals surface area contributed by atoms with Crippen LogP contribution in [0.25, 0.3) is 11.3 Å². The molecular weight excluding hydrogens is 444 g/mol. The van der Waals surface area contributed by atoms with Crippen LogP contribution in [-0.2, 0) is 21.4 Å². The summed E-state index contributed by atoms with van der Waals surface area (Å²) in [6.45, 7) is 5.91. The number of aromatic nitrogens is 1. The van der Waals surface area contributed by atoms with Crippen molar-refractivity contribution in [3.8, 4) is 17.0 Å². The van der Waals surface area contributed by atoms with Crippen LogP contribution >= 0.6 is 0 Å². The molecule has 4 rings (SSSR count). The van der Waals surface area contributed by atoms with E-state index in [0.717, 1.165) is 24.8 Å². The van der Waals surface area contributed by atoms with Gasteiger partial charge in [0, 0.05) is 36.9 Å². The van der Waals surface area contributed by atoms with Crippen LogP contribution in [0.2, 0.25) is 0 Å². The number of hydrogen-bond donors (Lipinski definition) is 0. The minimum atomic E-state index is -2.74. The van der Waals surface area contributed by atoms with Gasteiger partial charge in [-0.15, -0.1) is 0 Å². The van der Waals surface area contributed by atoms with E-state index in [1.54, 1.807) is 26.3 Å². The van der Waals surface area contributed by atoms with Gasteiger partial charge in [-0.3, -0.25) is 4.79 Å². The minimum Gasteiger partial charge on any atom is -0.493 e. The third-order valence-electron chi connectivity index (χ3n) is 7.12. The lowest BCUT2D eigenvalue weighted by atomic mass is 9.69. The van der Waals surface area contributed by atoms with Gasteiger partial charge in [-0.2, -0.15) is 0 Å². The van der Waals surface area contributed by atoms with Crippen LogP contribution in [0.4, 0.5) is 8.78 Å². The number of benzene rings is 1. The van der Waals surface area contributed by atoms with Gasteiger partial charge in [-0.05, 0) is 64.2 Å². The molecule has 184 valence electrons. The van der Waals surface area contributed by atoms with Crippen molar-refractivity contribution in [1.82, 2.24) is 4.57 Å². The first-order valence-electron chi connectivity index (χ1n) is 11.7. The lowest BCUT2D eigenvalue weighted by Crippen LogP contribution is -2.46. The molecule has 8 heteroatoms. The normalized spacial score (nSPS) is 16.1. The predicted octanol–water partition coefficient (Wildman–Crippen LogP) is 5.26. The Kier molecular flexibility index (Phi) is 6.55. The van der Waals surface area contributed by atoms with Gasteiger partial charge < -0.3 is 18.8 Å². The summed E-state index contributed by atoms with van der Waals surface area (Å²) in [4.78, 5) is 25.1. The van der Waals surface area contributed by atoms with E-state index < -0.39 is 23.4 Å². The molecule has 0 amide bonds. The fraction of sp³-hybridized carbons (Fsp3) is 0.538. The molecule has 6 nitrogen and oxygen atoms in total. The molecule has 34 heavy (non-hydrogen) atoms. The van der Waals surface area contributed by atoms with Crippen LogP contribution in [0.5, 0.6) is 5.75 Å². The second-order valence-corrected chi connectivity index (χ2v) is 9.69. The van der Waals surface area contributed by atoms with Gasteiger partial charge in [-0.25, -0.2) is 13.6 Å². The van der Waals surface area contributed by atoms with E-state index >= 15 is 0 Å². The van der Waals surface area contributed by atoms with Gasteiger partial charge in [0.05, 0.1) is 30.1 Å². The first-order valence-corrected chi connectivity index (χ1v) is 11.7. The summed E-state index contributed by atoms with van der Waals surface area (Å²) in [6.07, 6.45) is 2.73. The Bertz CT molecular complexity index is 1150. The number of alkyl halides is 2. The summed E-state index contributed by atoms with van der Waals surface area (Å²) in [6, 6.07) is 4.50. The summed E-state index contributed by atoms with van der Waals surface area (Å²) >= 11 is 0. The smallest absolute Gasteiger partial charge is 0.343 e. The first kappa shape index (κ1) is 24.4. The number of methoxy groups -OCH3 is 1. The molecule has 1 aromatic heterocycles. The van der Waals surface area contributed by atoms with E-state index in [1.807, 2.05) is 18.4 Å². The van der Waals surface area contributed by atoms with Crippen molar-refractivity contribution in [3.63, 3.8) is 0 Å². The quantitative estimate of drug-likeness (QED) is 0.488. The maximum atomic E-state index is 14.0. The number of esters is 1. The number of hydrogen-bond acceptors (Lipinski definition) is 5. The van der Waals surface area contributed by atoms with Crippen LogP contribution in [0.3, 0.4) is 0 Å². The lowest BCUT2D eigenvalue weighted by Gasteiger charge is -2.49. The van der Waals surface area contributed by atoms with E-state index in [4.69, 9.17) is 14.2 Å². The zero-order valence-corrected chi connectivity index (χ0v) is 20.1. The monoisotopic (exact) mass is 475 g/mol. The highest BCUT2D eigenvalue weighted by atomic mass is 19.3. The molecule has 1 aromatic carbocycles. The van der Waals surface area contributed by atoms with Crippen LogP contribution in [0, 0.1) is 0 Å². The number of pyridine rings is 1. The topological polar surface area (TPSA) is 66.8 Å². The fourth-order valence-corrected chi connectivity index (χ4v) is 4.77. The van der Waals surface area contributed by atoms with Crippen LogP contribution in [0.1, 0.15) is 74.4 Å². The molecule has 2 aliphatic rings. The number of nitrogens with zero attached hydrogens (tertiary/aromatic N) is 1. The molecule has 1 spiro atoms. The van der Waals surface area contributed by atoms with Crippen molar-refractivity contribution in [2.24, 2.45) is 0 Å². The largest absolute Gasteiger partial charge is 0.493 e. The summed E-state index contributed by atoms with van der Waals surface area (Å²) in [5.74, 6) is -0.506. The molecule has 0 unspecified atom stereocenters. The Morgan fingerprint density at radius 3 is 2.56 bits per heavy atom. The molecule has 2 aromatic rings. The van der Waals surface area contributed by atoms with Gasteiger partial charge in [0.2, 0.25) is 0 Å². The SMILES string of the molecule is CCOC(=O)c1cn2c(cc1=O)-c1cc(C(F)F)c(OCCC(C)(C)OC)cc1CC21CCC1. The highest BCUT2D eigenvalue weighted by molar-refractivity contribution is 5.89. The average Bonchev–Trinajstić information content (AvgIpc) is 2.76. The molecule has 1 saturated carbocycles. The third-order valence-corrected chi connectivity index (χ3v) is 7.12. The number of fused-ring (bicyclic) bond motifs is 4. The Hall–Kier alpha value is -2.74. The van der Waals surface area contributed by atoms with Gasteiger partial charge in [0.1, 0.15) is 11.3 Å². The van der Waals surface area contributed by atoms with E-state index in [1.165, 1.54) is 12.1 Å². The highest BCUT2D eigenvalue weighted by Crippen LogP contribution is 2.50. The zero-order valence-electron chi connectivity index (χ0n) is 20.1. The minimum absolute atomic E-state index is 0.0323. The molecule has 0 N–H and O–H groups in total. The van der Waals surface area contributed by atoms with Gasteiger partial charge in [0.15, 0.2) is 5.43 Å². The first-order chi connectivity index (χ1) is 16.1. The zero-order chi connectivity index (χ0) is 24.7. The van der Waals surface area contributed by atoms with E-state index in [0.29, 0.717) is 24.1 Å². The van der Waals surface area contributed by atoms with Crippen LogP contribution < -0.4 is 10.2 Å². The second-order valence-electron chi connectivity index (χ2n) is 9.69. The highest BCUT2D eigenvalue weighted by Gasteiger charge is 2.44. The van der Waals surface area contributed by atoms with Crippen molar-refractivity contribution < 1.29 is 27.8 Å². The predicted molar refractivity (Wildman–Crippen MR) is 124 cm³/mol. The maximum absolute atomic E-state index is 14.0. The van der Waals surface area contributed by atoms with Crippen LogP contribution in [-0.4, -0.2) is 36.5 Å². The second kappa shape index (κ2) is 9.13. The van der Waals surface area contributed by atoms with E-state index in [9.17, 15) is 18.4 Å². The Balaban J connectivity index is 1.78. The molecule has 0 atom stereocenters. The molecule has 2 heterocycles. The van der Waals surface area contributed by atoms with Crippen molar-refractivity contribution in [1.29, 1.82) is 0 Å². The Labute approximate surface area is 197 Å². The number of carbonyl (C=O) groups excluding carboxylic acids is 1. The average molecular weight is 476 g/mol. The molecule has 0 radical (unpaired) electrons. The molecular formula is C26H31F2NO5. The Morgan fingerprint density at radius 2 is 1.97 bits per heavy atom. The summed E-state index contributed by atoms with van der Waals surface area (Å²) in [5.41, 5.74) is 0.548. The number of rotatable bonds is 8. The molecule has 1 aliphatic heterocycles. The van der Waals surface area contributed by atoms with Gasteiger partial charge in [-0.1, -0.05) is 0 Å². The van der Waals surface area contributed by atoms with Crippen molar-refractivity contribution >= 4 is 5.97 Å². The summed E-state index contributed by atoms with van der Waals surface area (Å²) in [5, 5.41) is 0. The lowest BCUT2D eigenvalue weighted by molar-refractivity contribution is 0.00510. The Morgan fingerprint density at radius 1 is 1.24 bits per heavy atom. The van der Waals surface area contributed by atoms with E-state index in [-0.39, 0.29) is 35.6 Å². The van der Waals surface area contributed by atoms with Crippen LogP contribution in [0.15, 0.2) is 29.2 Å². The molecule has 1 aliphatic carbocycles. The molecule has 0 saturated heterocycles. The van der Waals surface area contributed by atoms with E-state index in [2.05, 4.69) is 0 Å². The summed E-state index contributed by atoms with van der Waals surface area (Å²) < 4.78 is 46.3.